The summed E-state index contributed by atoms with van der Waals surface area (Å²) in [4.78, 5) is 15.1. The molecule has 2 N–H and O–H groups in total. The van der Waals surface area contributed by atoms with Crippen molar-refractivity contribution in [1.82, 2.24) is 15.2 Å². The molecule has 1 amide bonds. The first-order chi connectivity index (χ1) is 19.2. The average molecular weight is 557 g/mol. The third-order valence-electron chi connectivity index (χ3n) is 6.90. The molecule has 1 fully saturated rings. The van der Waals surface area contributed by atoms with Crippen LogP contribution >= 0.6 is 0 Å². The molecule has 206 valence electrons. The summed E-state index contributed by atoms with van der Waals surface area (Å²) in [7, 11) is -3.81. The summed E-state index contributed by atoms with van der Waals surface area (Å²) in [5.74, 6) is 0.503. The number of sulfonamides is 1. The van der Waals surface area contributed by atoms with Crippen LogP contribution in [0.15, 0.2) is 82.8 Å². The van der Waals surface area contributed by atoms with Gasteiger partial charge in [0.25, 0.3) is 15.9 Å². The van der Waals surface area contributed by atoms with E-state index in [1.165, 1.54) is 24.3 Å². The van der Waals surface area contributed by atoms with E-state index in [-0.39, 0.29) is 4.90 Å². The lowest BCUT2D eigenvalue weighted by molar-refractivity contribution is 0.0955. The molecule has 1 aromatic heterocycles. The van der Waals surface area contributed by atoms with Crippen LogP contribution in [0.4, 0.5) is 11.5 Å². The van der Waals surface area contributed by atoms with Gasteiger partial charge in [-0.15, -0.1) is 0 Å². The van der Waals surface area contributed by atoms with Crippen molar-refractivity contribution in [2.75, 3.05) is 22.7 Å². The van der Waals surface area contributed by atoms with Crippen LogP contribution in [0.1, 0.15) is 45.6 Å². The van der Waals surface area contributed by atoms with Gasteiger partial charge >= 0.3 is 0 Å². The highest BCUT2D eigenvalue weighted by Gasteiger charge is 2.23. The Labute approximate surface area is 234 Å². The van der Waals surface area contributed by atoms with Gasteiger partial charge in [0.05, 0.1) is 33.7 Å². The maximum Gasteiger partial charge on any atom is 0.271 e. The first kappa shape index (κ1) is 27.1. The molecule has 5 rings (SSSR count). The third kappa shape index (κ3) is 5.76. The maximum absolute atomic E-state index is 12.9. The molecule has 1 aliphatic heterocycles. The molecule has 0 unspecified atom stereocenters. The number of carbonyl (C=O) groups is 1. The van der Waals surface area contributed by atoms with E-state index in [2.05, 4.69) is 20.1 Å². The fourth-order valence-electron chi connectivity index (χ4n) is 4.80. The van der Waals surface area contributed by atoms with Gasteiger partial charge in [-0.05, 0) is 81.6 Å². The number of nitrogens with zero attached hydrogens (tertiary/aromatic N) is 4. The number of rotatable bonds is 8. The van der Waals surface area contributed by atoms with Gasteiger partial charge < -0.3 is 4.90 Å². The molecule has 0 bridgehead atoms. The second-order valence-corrected chi connectivity index (χ2v) is 11.6. The molecule has 0 atom stereocenters. The van der Waals surface area contributed by atoms with Crippen LogP contribution in [0, 0.1) is 20.8 Å². The molecule has 0 aliphatic carbocycles. The average Bonchev–Trinajstić information content (AvgIpc) is 3.59. The van der Waals surface area contributed by atoms with Gasteiger partial charge in [-0.2, -0.15) is 10.2 Å². The summed E-state index contributed by atoms with van der Waals surface area (Å²) in [6.45, 7) is 7.58. The highest BCUT2D eigenvalue weighted by Crippen LogP contribution is 2.29. The quantitative estimate of drug-likeness (QED) is 0.236. The van der Waals surface area contributed by atoms with E-state index in [9.17, 15) is 13.2 Å². The molecule has 1 aliphatic rings. The van der Waals surface area contributed by atoms with Crippen molar-refractivity contribution in [1.29, 1.82) is 0 Å². The Bertz CT molecular complexity index is 1660. The van der Waals surface area contributed by atoms with Crippen molar-refractivity contribution in [3.8, 4) is 5.69 Å². The van der Waals surface area contributed by atoms with Gasteiger partial charge in [0.1, 0.15) is 5.82 Å². The van der Waals surface area contributed by atoms with Gasteiger partial charge in [0.2, 0.25) is 0 Å². The fraction of sp³-hybridized carbons (Fsp3) is 0.233. The predicted octanol–water partition coefficient (Wildman–Crippen LogP) is 4.96. The smallest absolute Gasteiger partial charge is 0.271 e. The predicted molar refractivity (Wildman–Crippen MR) is 158 cm³/mol. The minimum atomic E-state index is -3.81. The second kappa shape index (κ2) is 11.4. The Morgan fingerprint density at radius 1 is 0.950 bits per heavy atom. The summed E-state index contributed by atoms with van der Waals surface area (Å²) >= 11 is 0. The van der Waals surface area contributed by atoms with Crippen LogP contribution in [0.3, 0.4) is 0 Å². The number of hydrazone groups is 1. The summed E-state index contributed by atoms with van der Waals surface area (Å²) in [5, 5.41) is 8.99. The molecule has 10 heteroatoms. The van der Waals surface area contributed by atoms with Crippen molar-refractivity contribution in [2.24, 2.45) is 5.10 Å². The SMILES string of the molecule is Cc1ccc(NS(=O)(=O)c2ccc(C(=O)N/N=C/c3c(C)nn(-c4ccccc4)c3N3CCCC3)cc2)c(C)c1. The Morgan fingerprint density at radius 3 is 2.33 bits per heavy atom. The molecule has 0 radical (unpaired) electrons. The first-order valence-corrected chi connectivity index (χ1v) is 14.6. The van der Waals surface area contributed by atoms with E-state index < -0.39 is 15.9 Å². The van der Waals surface area contributed by atoms with Crippen LogP contribution < -0.4 is 15.0 Å². The van der Waals surface area contributed by atoms with E-state index in [1.807, 2.05) is 67.9 Å². The van der Waals surface area contributed by atoms with E-state index in [0.29, 0.717) is 11.3 Å². The Hall–Kier alpha value is -4.44. The minimum Gasteiger partial charge on any atom is -0.356 e. The highest BCUT2D eigenvalue weighted by molar-refractivity contribution is 7.92. The van der Waals surface area contributed by atoms with Crippen molar-refractivity contribution in [3.05, 3.63) is 101 Å². The lowest BCUT2D eigenvalue weighted by atomic mass is 10.1. The van der Waals surface area contributed by atoms with Gasteiger partial charge in [-0.3, -0.25) is 9.52 Å². The number of aryl methyl sites for hydroxylation is 3. The number of amides is 1. The van der Waals surface area contributed by atoms with Gasteiger partial charge in [0, 0.05) is 18.7 Å². The van der Waals surface area contributed by atoms with Crippen LogP contribution in [0.2, 0.25) is 0 Å². The lowest BCUT2D eigenvalue weighted by Crippen LogP contribution is -2.23. The normalized spacial score (nSPS) is 13.6. The second-order valence-electron chi connectivity index (χ2n) is 9.91. The Balaban J connectivity index is 1.31. The molecule has 9 nitrogen and oxygen atoms in total. The minimum absolute atomic E-state index is 0.0618. The topological polar surface area (TPSA) is 109 Å². The van der Waals surface area contributed by atoms with E-state index >= 15 is 0 Å². The Kier molecular flexibility index (Phi) is 7.70. The maximum atomic E-state index is 12.9. The van der Waals surface area contributed by atoms with Crippen LogP contribution in [0.5, 0.6) is 0 Å². The van der Waals surface area contributed by atoms with Crippen molar-refractivity contribution in [3.63, 3.8) is 0 Å². The standard InChI is InChI=1S/C30H32N6O3S/c1-21-11-16-28(22(2)19-21)34-40(38,39)26-14-12-24(13-15-26)29(37)32-31-20-27-23(3)33-36(25-9-5-4-6-10-25)30(27)35-17-7-8-18-35/h4-6,9-16,19-20,34H,7-8,17-18H2,1-3H3,(H,32,37)/b31-20+. The van der Waals surface area contributed by atoms with Gasteiger partial charge in [-0.25, -0.2) is 18.5 Å². The lowest BCUT2D eigenvalue weighted by Gasteiger charge is -2.20. The summed E-state index contributed by atoms with van der Waals surface area (Å²) in [6, 6.07) is 21.2. The van der Waals surface area contributed by atoms with Crippen molar-refractivity contribution >= 4 is 33.7 Å². The first-order valence-electron chi connectivity index (χ1n) is 13.2. The molecule has 40 heavy (non-hydrogen) atoms. The number of aromatic nitrogens is 2. The number of benzene rings is 3. The van der Waals surface area contributed by atoms with Crippen LogP contribution in [-0.4, -0.2) is 43.4 Å². The number of para-hydroxylation sites is 1. The van der Waals surface area contributed by atoms with Crippen LogP contribution in [-0.2, 0) is 10.0 Å². The fourth-order valence-corrected chi connectivity index (χ4v) is 5.93. The van der Waals surface area contributed by atoms with Crippen molar-refractivity contribution < 1.29 is 13.2 Å². The number of hydrogen-bond acceptors (Lipinski definition) is 6. The number of hydrogen-bond donors (Lipinski definition) is 2. The zero-order valence-corrected chi connectivity index (χ0v) is 23.6. The zero-order valence-electron chi connectivity index (χ0n) is 22.8. The highest BCUT2D eigenvalue weighted by atomic mass is 32.2. The van der Waals surface area contributed by atoms with E-state index in [4.69, 9.17) is 5.10 Å². The largest absolute Gasteiger partial charge is 0.356 e. The summed E-state index contributed by atoms with van der Waals surface area (Å²) in [6.07, 6.45) is 3.84. The van der Waals surface area contributed by atoms with E-state index in [1.54, 1.807) is 12.3 Å². The number of carbonyl (C=O) groups excluding carboxylic acids is 1. The molecular formula is C30H32N6O3S. The van der Waals surface area contributed by atoms with Crippen LogP contribution in [0.25, 0.3) is 5.69 Å². The molecule has 2 heterocycles. The van der Waals surface area contributed by atoms with Gasteiger partial charge in [-0.1, -0.05) is 35.9 Å². The number of nitrogens with one attached hydrogen (secondary N) is 2. The van der Waals surface area contributed by atoms with Crippen molar-refractivity contribution in [2.45, 2.75) is 38.5 Å². The third-order valence-corrected chi connectivity index (χ3v) is 8.28. The molecule has 0 spiro atoms. The molecule has 3 aromatic carbocycles. The molecular weight excluding hydrogens is 524 g/mol. The van der Waals surface area contributed by atoms with Gasteiger partial charge in [0.15, 0.2) is 0 Å². The number of anilines is 2. The monoisotopic (exact) mass is 556 g/mol. The molecule has 0 saturated carbocycles. The summed E-state index contributed by atoms with van der Waals surface area (Å²) < 4.78 is 30.3. The molecule has 4 aromatic rings. The Morgan fingerprint density at radius 2 is 1.65 bits per heavy atom. The van der Waals surface area contributed by atoms with E-state index in [0.717, 1.165) is 59.8 Å². The molecule has 1 saturated heterocycles. The summed E-state index contributed by atoms with van der Waals surface area (Å²) in [5.41, 5.74) is 7.84. The zero-order chi connectivity index (χ0) is 28.3.